The number of nitrogens with one attached hydrogen (secondary N) is 2. The van der Waals surface area contributed by atoms with Crippen molar-refractivity contribution in [2.24, 2.45) is 0 Å². The lowest BCUT2D eigenvalue weighted by Crippen LogP contribution is -2.22. The van der Waals surface area contributed by atoms with E-state index in [0.29, 0.717) is 15.1 Å². The van der Waals surface area contributed by atoms with Gasteiger partial charge in [-0.2, -0.15) is 0 Å². The second kappa shape index (κ2) is 3.83. The molecule has 3 amide bonds. The largest absolute Gasteiger partial charge is 0.322 e. The molecule has 1 saturated heterocycles. The van der Waals surface area contributed by atoms with E-state index >= 15 is 0 Å². The molecule has 1 heterocycles. The molecule has 1 fully saturated rings. The molecule has 0 radical (unpaired) electrons. The number of carbonyl (C=O) groups is 2. The van der Waals surface area contributed by atoms with Gasteiger partial charge in [-0.25, -0.2) is 4.79 Å². The Morgan fingerprint density at radius 2 is 2.07 bits per heavy atom. The van der Waals surface area contributed by atoms with Crippen molar-refractivity contribution in [3.8, 4) is 0 Å². The van der Waals surface area contributed by atoms with Gasteiger partial charge in [-0.3, -0.25) is 10.1 Å². The van der Waals surface area contributed by atoms with Crippen LogP contribution in [0.4, 0.5) is 4.79 Å². The summed E-state index contributed by atoms with van der Waals surface area (Å²) < 4.78 is 0.690. The minimum absolute atomic E-state index is 0.353. The van der Waals surface area contributed by atoms with Gasteiger partial charge in [0.05, 0.1) is 5.02 Å². The Morgan fingerprint density at radius 3 is 2.60 bits per heavy atom. The molecule has 6 heteroatoms. The zero-order valence-electron chi connectivity index (χ0n) is 7.38. The van der Waals surface area contributed by atoms with Crippen molar-refractivity contribution in [3.63, 3.8) is 0 Å². The van der Waals surface area contributed by atoms with Crippen LogP contribution in [-0.2, 0) is 4.79 Å². The van der Waals surface area contributed by atoms with Gasteiger partial charge in [0.25, 0.3) is 5.91 Å². The molecule has 1 aliphatic heterocycles. The number of urea groups is 1. The zero-order valence-corrected chi connectivity index (χ0v) is 9.72. The van der Waals surface area contributed by atoms with Crippen LogP contribution in [0.5, 0.6) is 0 Å². The first kappa shape index (κ1) is 10.4. The summed E-state index contributed by atoms with van der Waals surface area (Å²) in [5.41, 5.74) is 0.689. The maximum absolute atomic E-state index is 11.3. The first-order valence-electron chi connectivity index (χ1n) is 4.14. The highest BCUT2D eigenvalue weighted by Crippen LogP contribution is 2.27. The van der Waals surface area contributed by atoms with E-state index in [1.54, 1.807) is 18.2 Å². The van der Waals surface area contributed by atoms with Crippen LogP contribution in [0.1, 0.15) is 11.6 Å². The molecule has 0 aromatic heterocycles. The Morgan fingerprint density at radius 1 is 1.33 bits per heavy atom. The Hall–Kier alpha value is -1.07. The number of hydrogen-bond donors (Lipinski definition) is 2. The highest BCUT2D eigenvalue weighted by atomic mass is 79.9. The number of imide groups is 1. The third-order valence-electron chi connectivity index (χ3n) is 2.05. The topological polar surface area (TPSA) is 58.2 Å². The molecule has 1 atom stereocenters. The third kappa shape index (κ3) is 1.98. The summed E-state index contributed by atoms with van der Waals surface area (Å²) in [6.07, 6.45) is 0. The molecule has 2 rings (SSSR count). The standard InChI is InChI=1S/C9H6BrClN2O2/c10-5-3-4(1-2-6(5)11)7-8(14)13-9(15)12-7/h1-3,7H,(H2,12,13,14,15). The number of amides is 3. The van der Waals surface area contributed by atoms with Crippen molar-refractivity contribution in [1.82, 2.24) is 10.6 Å². The molecule has 1 aromatic rings. The fourth-order valence-electron chi connectivity index (χ4n) is 1.34. The van der Waals surface area contributed by atoms with Crippen molar-refractivity contribution < 1.29 is 9.59 Å². The molecule has 1 aliphatic rings. The number of halogens is 2. The smallest absolute Gasteiger partial charge is 0.322 e. The summed E-state index contributed by atoms with van der Waals surface area (Å²) in [7, 11) is 0. The predicted molar refractivity (Wildman–Crippen MR) is 58.6 cm³/mol. The first-order valence-corrected chi connectivity index (χ1v) is 5.31. The second-order valence-corrected chi connectivity index (χ2v) is 4.33. The zero-order chi connectivity index (χ0) is 11.0. The van der Waals surface area contributed by atoms with E-state index in [-0.39, 0.29) is 5.91 Å². The molecular weight excluding hydrogens is 283 g/mol. The molecule has 15 heavy (non-hydrogen) atoms. The summed E-state index contributed by atoms with van der Waals surface area (Å²) in [6.45, 7) is 0. The van der Waals surface area contributed by atoms with Gasteiger partial charge in [0.15, 0.2) is 0 Å². The number of rotatable bonds is 1. The second-order valence-electron chi connectivity index (χ2n) is 3.07. The van der Waals surface area contributed by atoms with Crippen LogP contribution in [0.25, 0.3) is 0 Å². The average Bonchev–Trinajstić information content (AvgIpc) is 2.50. The summed E-state index contributed by atoms with van der Waals surface area (Å²) in [5.74, 6) is -0.353. The van der Waals surface area contributed by atoms with Gasteiger partial charge in [-0.05, 0) is 33.6 Å². The Bertz CT molecular complexity index is 450. The van der Waals surface area contributed by atoms with E-state index in [2.05, 4.69) is 26.6 Å². The van der Waals surface area contributed by atoms with Crippen molar-refractivity contribution in [3.05, 3.63) is 33.3 Å². The van der Waals surface area contributed by atoms with Crippen molar-refractivity contribution in [2.75, 3.05) is 0 Å². The number of carbonyl (C=O) groups excluding carboxylic acids is 2. The van der Waals surface area contributed by atoms with Gasteiger partial charge in [0.2, 0.25) is 0 Å². The maximum atomic E-state index is 11.3. The lowest BCUT2D eigenvalue weighted by atomic mass is 10.1. The van der Waals surface area contributed by atoms with Crippen LogP contribution in [-0.4, -0.2) is 11.9 Å². The van der Waals surface area contributed by atoms with E-state index < -0.39 is 12.1 Å². The molecule has 1 unspecified atom stereocenters. The summed E-state index contributed by atoms with van der Waals surface area (Å²) in [5, 5.41) is 5.22. The SMILES string of the molecule is O=C1NC(=O)C(c2ccc(Cl)c(Br)c2)N1. The minimum atomic E-state index is -0.633. The van der Waals surface area contributed by atoms with Crippen molar-refractivity contribution in [1.29, 1.82) is 0 Å². The summed E-state index contributed by atoms with van der Waals surface area (Å²) in [6, 6.07) is 3.96. The van der Waals surface area contributed by atoms with E-state index in [1.807, 2.05) is 0 Å². The van der Waals surface area contributed by atoms with Crippen LogP contribution in [0, 0.1) is 0 Å². The van der Waals surface area contributed by atoms with Crippen LogP contribution in [0.3, 0.4) is 0 Å². The molecule has 78 valence electrons. The molecule has 4 nitrogen and oxygen atoms in total. The van der Waals surface area contributed by atoms with E-state index in [9.17, 15) is 9.59 Å². The van der Waals surface area contributed by atoms with Gasteiger partial charge < -0.3 is 5.32 Å². The quantitative estimate of drug-likeness (QED) is 0.777. The Kier molecular flexibility index (Phi) is 2.67. The van der Waals surface area contributed by atoms with Crippen LogP contribution < -0.4 is 10.6 Å². The summed E-state index contributed by atoms with van der Waals surface area (Å²) >= 11 is 9.07. The average molecular weight is 290 g/mol. The minimum Gasteiger partial charge on any atom is -0.322 e. The fraction of sp³-hybridized carbons (Fsp3) is 0.111. The van der Waals surface area contributed by atoms with Crippen LogP contribution >= 0.6 is 27.5 Å². The van der Waals surface area contributed by atoms with Crippen LogP contribution in [0.2, 0.25) is 5.02 Å². The van der Waals surface area contributed by atoms with Gasteiger partial charge in [0, 0.05) is 4.47 Å². The molecule has 2 N–H and O–H groups in total. The third-order valence-corrected chi connectivity index (χ3v) is 3.27. The van der Waals surface area contributed by atoms with E-state index in [1.165, 1.54) is 0 Å². The number of benzene rings is 1. The Labute approximate surface area is 99.1 Å². The fourth-order valence-corrected chi connectivity index (χ4v) is 1.86. The summed E-state index contributed by atoms with van der Waals surface area (Å²) in [4.78, 5) is 22.2. The highest BCUT2D eigenvalue weighted by molar-refractivity contribution is 9.10. The van der Waals surface area contributed by atoms with E-state index in [4.69, 9.17) is 11.6 Å². The molecule has 0 saturated carbocycles. The van der Waals surface area contributed by atoms with Crippen molar-refractivity contribution in [2.45, 2.75) is 6.04 Å². The lowest BCUT2D eigenvalue weighted by molar-refractivity contribution is -0.120. The van der Waals surface area contributed by atoms with Crippen molar-refractivity contribution >= 4 is 39.5 Å². The molecule has 1 aromatic carbocycles. The van der Waals surface area contributed by atoms with Crippen LogP contribution in [0.15, 0.2) is 22.7 Å². The highest BCUT2D eigenvalue weighted by Gasteiger charge is 2.30. The van der Waals surface area contributed by atoms with Gasteiger partial charge in [0.1, 0.15) is 6.04 Å². The maximum Gasteiger partial charge on any atom is 0.322 e. The number of hydrogen-bond acceptors (Lipinski definition) is 2. The lowest BCUT2D eigenvalue weighted by Gasteiger charge is -2.08. The van der Waals surface area contributed by atoms with Gasteiger partial charge >= 0.3 is 6.03 Å². The molecule has 0 aliphatic carbocycles. The van der Waals surface area contributed by atoms with Gasteiger partial charge in [-0.1, -0.05) is 17.7 Å². The molecular formula is C9H6BrClN2O2. The van der Waals surface area contributed by atoms with E-state index in [0.717, 1.165) is 0 Å². The first-order chi connectivity index (χ1) is 7.08. The van der Waals surface area contributed by atoms with Gasteiger partial charge in [-0.15, -0.1) is 0 Å². The predicted octanol–water partition coefficient (Wildman–Crippen LogP) is 1.98. The normalized spacial score (nSPS) is 20.0. The molecule has 0 bridgehead atoms. The monoisotopic (exact) mass is 288 g/mol. The Balaban J connectivity index is 2.34. The molecule has 0 spiro atoms.